The summed E-state index contributed by atoms with van der Waals surface area (Å²) in [6.45, 7) is 3.45. The van der Waals surface area contributed by atoms with Crippen LogP contribution in [-0.4, -0.2) is 23.2 Å². The summed E-state index contributed by atoms with van der Waals surface area (Å²) in [5.41, 5.74) is 1.09. The van der Waals surface area contributed by atoms with Crippen molar-refractivity contribution in [3.8, 4) is 0 Å². The zero-order valence-corrected chi connectivity index (χ0v) is 12.2. The van der Waals surface area contributed by atoms with Crippen LogP contribution in [-0.2, 0) is 4.74 Å². The standard InChI is InChI=1S/C17H19N3O/c1-14-17-15(7-4-10-19-17)6-2-3-11-20(13-21-14)16-8-5-9-18-12-16/h4-10,12H,2-3,11,13H2,1H3/b15-6-,17-14-. The minimum Gasteiger partial charge on any atom is -0.475 e. The molecule has 0 N–H and O–H groups in total. The minimum atomic E-state index is 0.521. The number of hydrogen-bond acceptors (Lipinski definition) is 4. The topological polar surface area (TPSA) is 38.2 Å². The van der Waals surface area contributed by atoms with Crippen LogP contribution < -0.4 is 15.5 Å². The molecule has 4 heteroatoms. The molecular weight excluding hydrogens is 262 g/mol. The molecule has 1 aliphatic heterocycles. The van der Waals surface area contributed by atoms with Crippen molar-refractivity contribution in [3.05, 3.63) is 53.4 Å². The average Bonchev–Trinajstić information content (AvgIpc) is 2.55. The van der Waals surface area contributed by atoms with Gasteiger partial charge in [0.25, 0.3) is 0 Å². The van der Waals surface area contributed by atoms with Gasteiger partial charge < -0.3 is 9.64 Å². The lowest BCUT2D eigenvalue weighted by molar-refractivity contribution is 0.265. The van der Waals surface area contributed by atoms with E-state index >= 15 is 0 Å². The Bertz CT molecular complexity index is 712. The average molecular weight is 281 g/mol. The van der Waals surface area contributed by atoms with E-state index in [-0.39, 0.29) is 0 Å². The zero-order chi connectivity index (χ0) is 14.5. The second-order valence-electron chi connectivity index (χ2n) is 5.09. The first-order chi connectivity index (χ1) is 10.3. The molecule has 4 nitrogen and oxygen atoms in total. The Morgan fingerprint density at radius 2 is 2.10 bits per heavy atom. The summed E-state index contributed by atoms with van der Waals surface area (Å²) < 4.78 is 5.94. The fourth-order valence-corrected chi connectivity index (χ4v) is 2.47. The number of pyridine rings is 2. The largest absolute Gasteiger partial charge is 0.475 e. The third-order valence-corrected chi connectivity index (χ3v) is 3.62. The smallest absolute Gasteiger partial charge is 0.161 e. The van der Waals surface area contributed by atoms with Crippen molar-refractivity contribution in [2.24, 2.45) is 0 Å². The van der Waals surface area contributed by atoms with Crippen LogP contribution in [0.3, 0.4) is 0 Å². The maximum Gasteiger partial charge on any atom is 0.161 e. The maximum absolute atomic E-state index is 5.94. The van der Waals surface area contributed by atoms with Gasteiger partial charge in [-0.2, -0.15) is 0 Å². The fourth-order valence-electron chi connectivity index (χ4n) is 2.47. The van der Waals surface area contributed by atoms with Crippen molar-refractivity contribution < 1.29 is 4.74 Å². The third-order valence-electron chi connectivity index (χ3n) is 3.62. The monoisotopic (exact) mass is 281 g/mol. The number of hydrogen-bond donors (Lipinski definition) is 0. The molecule has 0 radical (unpaired) electrons. The van der Waals surface area contributed by atoms with Gasteiger partial charge in [0, 0.05) is 18.9 Å². The van der Waals surface area contributed by atoms with Gasteiger partial charge in [-0.05, 0) is 43.2 Å². The second-order valence-corrected chi connectivity index (χ2v) is 5.09. The molecule has 3 heterocycles. The minimum absolute atomic E-state index is 0.521. The number of ether oxygens (including phenoxy) is 1. The van der Waals surface area contributed by atoms with Crippen LogP contribution in [0.1, 0.15) is 19.8 Å². The van der Waals surface area contributed by atoms with Crippen LogP contribution in [0.25, 0.3) is 11.8 Å². The van der Waals surface area contributed by atoms with E-state index in [2.05, 4.69) is 33.1 Å². The summed E-state index contributed by atoms with van der Waals surface area (Å²) in [6.07, 6.45) is 9.82. The maximum atomic E-state index is 5.94. The zero-order valence-electron chi connectivity index (χ0n) is 12.2. The highest BCUT2D eigenvalue weighted by Gasteiger charge is 2.08. The molecule has 2 aromatic rings. The van der Waals surface area contributed by atoms with E-state index in [1.807, 2.05) is 31.5 Å². The van der Waals surface area contributed by atoms with E-state index in [9.17, 15) is 0 Å². The predicted molar refractivity (Wildman–Crippen MR) is 83.8 cm³/mol. The predicted octanol–water partition coefficient (Wildman–Crippen LogP) is 1.66. The van der Waals surface area contributed by atoms with E-state index in [0.717, 1.165) is 41.4 Å². The van der Waals surface area contributed by atoms with Crippen molar-refractivity contribution in [1.29, 1.82) is 0 Å². The van der Waals surface area contributed by atoms with Crippen LogP contribution in [0, 0.1) is 0 Å². The van der Waals surface area contributed by atoms with Crippen molar-refractivity contribution in [3.63, 3.8) is 0 Å². The SMILES string of the molecule is C/C1=c2/nccc/c2=C/CCCN(c2cccnc2)CO1. The molecule has 0 saturated heterocycles. The lowest BCUT2D eigenvalue weighted by Gasteiger charge is -2.25. The summed E-state index contributed by atoms with van der Waals surface area (Å²) in [7, 11) is 0. The lowest BCUT2D eigenvalue weighted by Crippen LogP contribution is -2.34. The Morgan fingerprint density at radius 1 is 1.19 bits per heavy atom. The number of fused-ring (bicyclic) bond motifs is 1. The third kappa shape index (κ3) is 3.21. The molecule has 3 rings (SSSR count). The van der Waals surface area contributed by atoms with Gasteiger partial charge in [-0.25, -0.2) is 0 Å². The van der Waals surface area contributed by atoms with Crippen molar-refractivity contribution in [2.45, 2.75) is 19.8 Å². The van der Waals surface area contributed by atoms with Gasteiger partial charge in [0.2, 0.25) is 0 Å². The summed E-state index contributed by atoms with van der Waals surface area (Å²) in [6, 6.07) is 8.08. The molecular formula is C17H19N3O. The highest BCUT2D eigenvalue weighted by atomic mass is 16.5. The van der Waals surface area contributed by atoms with E-state index in [0.29, 0.717) is 6.73 Å². The quantitative estimate of drug-likeness (QED) is 0.797. The van der Waals surface area contributed by atoms with Gasteiger partial charge in [0.15, 0.2) is 6.73 Å². The molecule has 0 saturated carbocycles. The van der Waals surface area contributed by atoms with Gasteiger partial charge in [-0.1, -0.05) is 12.1 Å². The first-order valence-corrected chi connectivity index (χ1v) is 7.24. The number of nitrogens with zero attached hydrogens (tertiary/aromatic N) is 3. The molecule has 21 heavy (non-hydrogen) atoms. The van der Waals surface area contributed by atoms with Crippen LogP contribution in [0.2, 0.25) is 0 Å². The number of aromatic nitrogens is 2. The Morgan fingerprint density at radius 3 is 2.95 bits per heavy atom. The summed E-state index contributed by atoms with van der Waals surface area (Å²) >= 11 is 0. The van der Waals surface area contributed by atoms with E-state index in [1.54, 1.807) is 6.20 Å². The van der Waals surface area contributed by atoms with Crippen molar-refractivity contribution >= 4 is 17.5 Å². The molecule has 0 aliphatic carbocycles. The molecule has 2 aromatic heterocycles. The van der Waals surface area contributed by atoms with Gasteiger partial charge >= 0.3 is 0 Å². The molecule has 0 fully saturated rings. The highest BCUT2D eigenvalue weighted by molar-refractivity contribution is 5.44. The first-order valence-electron chi connectivity index (χ1n) is 7.24. The van der Waals surface area contributed by atoms with Gasteiger partial charge in [0.05, 0.1) is 11.9 Å². The van der Waals surface area contributed by atoms with Crippen LogP contribution in [0.5, 0.6) is 0 Å². The highest BCUT2D eigenvalue weighted by Crippen LogP contribution is 2.14. The lowest BCUT2D eigenvalue weighted by atomic mass is 10.2. The molecule has 0 bridgehead atoms. The van der Waals surface area contributed by atoms with E-state index in [4.69, 9.17) is 4.74 Å². The fraction of sp³-hybridized carbons (Fsp3) is 0.294. The molecule has 0 unspecified atom stereocenters. The first kappa shape index (κ1) is 13.6. The van der Waals surface area contributed by atoms with Crippen molar-refractivity contribution in [2.75, 3.05) is 18.2 Å². The number of anilines is 1. The summed E-state index contributed by atoms with van der Waals surface area (Å²) in [4.78, 5) is 10.8. The second kappa shape index (κ2) is 6.39. The van der Waals surface area contributed by atoms with E-state index in [1.165, 1.54) is 0 Å². The van der Waals surface area contributed by atoms with E-state index < -0.39 is 0 Å². The molecule has 0 aromatic carbocycles. The summed E-state index contributed by atoms with van der Waals surface area (Å²) in [5, 5.41) is 2.09. The summed E-state index contributed by atoms with van der Waals surface area (Å²) in [5.74, 6) is 0.859. The van der Waals surface area contributed by atoms with Crippen LogP contribution >= 0.6 is 0 Å². The van der Waals surface area contributed by atoms with Gasteiger partial charge in [-0.3, -0.25) is 9.97 Å². The van der Waals surface area contributed by atoms with Crippen LogP contribution in [0.4, 0.5) is 5.69 Å². The Balaban J connectivity index is 1.92. The molecule has 0 spiro atoms. The molecule has 1 aliphatic rings. The van der Waals surface area contributed by atoms with Crippen LogP contribution in [0.15, 0.2) is 42.9 Å². The Kier molecular flexibility index (Phi) is 4.15. The Labute approximate surface area is 124 Å². The molecule has 0 amide bonds. The molecule has 0 atom stereocenters. The van der Waals surface area contributed by atoms with Gasteiger partial charge in [-0.15, -0.1) is 0 Å². The molecule has 108 valence electrons. The van der Waals surface area contributed by atoms with Gasteiger partial charge in [0.1, 0.15) is 11.1 Å². The Hall–Kier alpha value is -2.36. The van der Waals surface area contributed by atoms with Crippen molar-refractivity contribution in [1.82, 2.24) is 9.97 Å². The normalized spacial score (nSPS) is 19.9. The number of rotatable bonds is 1.